The molecule has 3 rings (SSSR count). The normalized spacial score (nSPS) is 10.5. The fraction of sp³-hybridized carbons (Fsp3) is 0.238. The minimum Gasteiger partial charge on any atom is -0.494 e. The summed E-state index contributed by atoms with van der Waals surface area (Å²) in [5, 5.41) is 8.67. The van der Waals surface area contributed by atoms with Crippen LogP contribution in [-0.4, -0.2) is 38.9 Å². The standard InChI is InChI=1S/C21H23N5O3S/c1-3-15-7-5-6-8-18(15)26-14-22-25-21(26)30-13-19(27)23-24-20(28)16-9-11-17(12-10-16)29-4-2/h5-12,14H,3-4,13H2,1-2H3,(H,23,27)(H,24,28). The molecular weight excluding hydrogens is 402 g/mol. The second kappa shape index (κ2) is 10.4. The summed E-state index contributed by atoms with van der Waals surface area (Å²) in [6.07, 6.45) is 2.50. The van der Waals surface area contributed by atoms with Gasteiger partial charge in [-0.2, -0.15) is 0 Å². The van der Waals surface area contributed by atoms with Gasteiger partial charge < -0.3 is 4.74 Å². The molecule has 0 spiro atoms. The average Bonchev–Trinajstić information content (AvgIpc) is 3.25. The lowest BCUT2D eigenvalue weighted by Gasteiger charge is -2.11. The highest BCUT2D eigenvalue weighted by Gasteiger charge is 2.13. The van der Waals surface area contributed by atoms with Crippen LogP contribution in [0.15, 0.2) is 60.0 Å². The Morgan fingerprint density at radius 2 is 1.83 bits per heavy atom. The van der Waals surface area contributed by atoms with Crippen molar-refractivity contribution < 1.29 is 14.3 Å². The number of rotatable bonds is 8. The summed E-state index contributed by atoms with van der Waals surface area (Å²) in [6.45, 7) is 4.52. The van der Waals surface area contributed by atoms with Crippen LogP contribution in [-0.2, 0) is 11.2 Å². The van der Waals surface area contributed by atoms with Crippen LogP contribution < -0.4 is 15.6 Å². The molecule has 2 amide bonds. The van der Waals surface area contributed by atoms with Crippen molar-refractivity contribution in [2.24, 2.45) is 0 Å². The van der Waals surface area contributed by atoms with Crippen LogP contribution in [0.3, 0.4) is 0 Å². The molecule has 0 aliphatic carbocycles. The number of hydrazine groups is 1. The first-order valence-corrected chi connectivity index (χ1v) is 10.5. The van der Waals surface area contributed by atoms with E-state index in [4.69, 9.17) is 4.74 Å². The van der Waals surface area contributed by atoms with Crippen LogP contribution in [0, 0.1) is 0 Å². The van der Waals surface area contributed by atoms with Crippen LogP contribution in [0.4, 0.5) is 0 Å². The lowest BCUT2D eigenvalue weighted by Crippen LogP contribution is -2.42. The zero-order chi connectivity index (χ0) is 21.3. The van der Waals surface area contributed by atoms with Crippen molar-refractivity contribution in [1.82, 2.24) is 25.6 Å². The number of benzene rings is 2. The molecule has 0 aliphatic rings. The largest absolute Gasteiger partial charge is 0.494 e. The zero-order valence-corrected chi connectivity index (χ0v) is 17.6. The van der Waals surface area contributed by atoms with Crippen molar-refractivity contribution >= 4 is 23.6 Å². The fourth-order valence-corrected chi connectivity index (χ4v) is 3.49. The number of aryl methyl sites for hydroxylation is 1. The molecule has 8 nitrogen and oxygen atoms in total. The van der Waals surface area contributed by atoms with Crippen molar-refractivity contribution in [3.8, 4) is 11.4 Å². The molecule has 3 aromatic rings. The van der Waals surface area contributed by atoms with Gasteiger partial charge in [0.15, 0.2) is 5.16 Å². The molecule has 0 aliphatic heterocycles. The summed E-state index contributed by atoms with van der Waals surface area (Å²) in [6, 6.07) is 14.7. The zero-order valence-electron chi connectivity index (χ0n) is 16.8. The van der Waals surface area contributed by atoms with E-state index in [9.17, 15) is 9.59 Å². The Balaban J connectivity index is 1.53. The number of thioether (sulfide) groups is 1. The first-order chi connectivity index (χ1) is 14.6. The van der Waals surface area contributed by atoms with E-state index in [2.05, 4.69) is 28.0 Å². The minimum absolute atomic E-state index is 0.0799. The van der Waals surface area contributed by atoms with E-state index in [1.807, 2.05) is 35.8 Å². The molecule has 0 unspecified atom stereocenters. The van der Waals surface area contributed by atoms with Crippen molar-refractivity contribution in [2.45, 2.75) is 25.4 Å². The minimum atomic E-state index is -0.406. The molecule has 0 bridgehead atoms. The average molecular weight is 426 g/mol. The van der Waals surface area contributed by atoms with Crippen LogP contribution in [0.2, 0.25) is 0 Å². The van der Waals surface area contributed by atoms with Gasteiger partial charge in [-0.05, 0) is 49.2 Å². The molecule has 30 heavy (non-hydrogen) atoms. The number of nitrogens with zero attached hydrogens (tertiary/aromatic N) is 3. The first kappa shape index (κ1) is 21.4. The molecule has 0 atom stereocenters. The van der Waals surface area contributed by atoms with Gasteiger partial charge >= 0.3 is 0 Å². The third kappa shape index (κ3) is 5.38. The smallest absolute Gasteiger partial charge is 0.269 e. The van der Waals surface area contributed by atoms with Crippen LogP contribution in [0.1, 0.15) is 29.8 Å². The van der Waals surface area contributed by atoms with E-state index in [0.29, 0.717) is 23.1 Å². The summed E-state index contributed by atoms with van der Waals surface area (Å²) in [5.74, 6) is 0.00795. The van der Waals surface area contributed by atoms with Gasteiger partial charge in [-0.15, -0.1) is 10.2 Å². The van der Waals surface area contributed by atoms with Gasteiger partial charge in [0.05, 0.1) is 18.0 Å². The van der Waals surface area contributed by atoms with E-state index in [0.717, 1.165) is 17.7 Å². The number of carbonyl (C=O) groups excluding carboxylic acids is 2. The lowest BCUT2D eigenvalue weighted by molar-refractivity contribution is -0.119. The van der Waals surface area contributed by atoms with Crippen molar-refractivity contribution in [3.63, 3.8) is 0 Å². The highest BCUT2D eigenvalue weighted by molar-refractivity contribution is 7.99. The number of amides is 2. The maximum atomic E-state index is 12.2. The molecule has 0 saturated heterocycles. The Morgan fingerprint density at radius 1 is 1.07 bits per heavy atom. The molecule has 1 aromatic heterocycles. The Hall–Kier alpha value is -3.33. The van der Waals surface area contributed by atoms with Gasteiger partial charge in [0.25, 0.3) is 5.91 Å². The number of hydrogen-bond donors (Lipinski definition) is 2. The summed E-state index contributed by atoms with van der Waals surface area (Å²) in [5.41, 5.74) is 7.39. The Bertz CT molecular complexity index is 1000. The number of hydrogen-bond acceptors (Lipinski definition) is 6. The van der Waals surface area contributed by atoms with Gasteiger partial charge in [-0.3, -0.25) is 25.0 Å². The molecule has 2 N–H and O–H groups in total. The summed E-state index contributed by atoms with van der Waals surface area (Å²) >= 11 is 1.24. The highest BCUT2D eigenvalue weighted by Crippen LogP contribution is 2.22. The predicted molar refractivity (Wildman–Crippen MR) is 115 cm³/mol. The van der Waals surface area contributed by atoms with E-state index in [1.54, 1.807) is 30.6 Å². The van der Waals surface area contributed by atoms with Gasteiger partial charge in [0.2, 0.25) is 5.91 Å². The predicted octanol–water partition coefficient (Wildman–Crippen LogP) is 2.78. The van der Waals surface area contributed by atoms with Crippen molar-refractivity contribution in [1.29, 1.82) is 0 Å². The number of aromatic nitrogens is 3. The van der Waals surface area contributed by atoms with E-state index < -0.39 is 5.91 Å². The first-order valence-electron chi connectivity index (χ1n) is 9.55. The Kier molecular flexibility index (Phi) is 7.45. The van der Waals surface area contributed by atoms with E-state index in [-0.39, 0.29) is 11.7 Å². The topological polar surface area (TPSA) is 98.1 Å². The van der Waals surface area contributed by atoms with Gasteiger partial charge in [0, 0.05) is 5.56 Å². The summed E-state index contributed by atoms with van der Waals surface area (Å²) in [7, 11) is 0. The van der Waals surface area contributed by atoms with Crippen LogP contribution >= 0.6 is 11.8 Å². The molecule has 156 valence electrons. The van der Waals surface area contributed by atoms with Crippen molar-refractivity contribution in [3.05, 3.63) is 66.0 Å². The van der Waals surface area contributed by atoms with Gasteiger partial charge in [0.1, 0.15) is 12.1 Å². The van der Waals surface area contributed by atoms with Gasteiger partial charge in [-0.1, -0.05) is 36.9 Å². The van der Waals surface area contributed by atoms with Gasteiger partial charge in [-0.25, -0.2) is 0 Å². The molecule has 9 heteroatoms. The Labute approximate surface area is 179 Å². The Morgan fingerprint density at radius 3 is 2.57 bits per heavy atom. The number of para-hydroxylation sites is 1. The maximum Gasteiger partial charge on any atom is 0.269 e. The fourth-order valence-electron chi connectivity index (χ4n) is 2.77. The van der Waals surface area contributed by atoms with Crippen LogP contribution in [0.5, 0.6) is 5.75 Å². The second-order valence-corrected chi connectivity index (χ2v) is 7.16. The van der Waals surface area contributed by atoms with Crippen molar-refractivity contribution in [2.75, 3.05) is 12.4 Å². The third-order valence-corrected chi connectivity index (χ3v) is 5.17. The quantitative estimate of drug-likeness (QED) is 0.425. The monoisotopic (exact) mass is 425 g/mol. The molecule has 0 saturated carbocycles. The molecule has 0 radical (unpaired) electrons. The third-order valence-electron chi connectivity index (χ3n) is 4.22. The second-order valence-electron chi connectivity index (χ2n) is 6.21. The summed E-state index contributed by atoms with van der Waals surface area (Å²) < 4.78 is 7.20. The lowest BCUT2D eigenvalue weighted by atomic mass is 10.1. The SMILES string of the molecule is CCOc1ccc(C(=O)NNC(=O)CSc2nncn2-c2ccccc2CC)cc1. The van der Waals surface area contributed by atoms with E-state index in [1.165, 1.54) is 11.8 Å². The summed E-state index contributed by atoms with van der Waals surface area (Å²) in [4.78, 5) is 24.3. The molecule has 0 fully saturated rings. The number of nitrogens with one attached hydrogen (secondary N) is 2. The number of carbonyl (C=O) groups is 2. The number of ether oxygens (including phenoxy) is 1. The van der Waals surface area contributed by atoms with Crippen LogP contribution in [0.25, 0.3) is 5.69 Å². The molecule has 1 heterocycles. The molecular formula is C21H23N5O3S. The highest BCUT2D eigenvalue weighted by atomic mass is 32.2. The molecule has 2 aromatic carbocycles. The maximum absolute atomic E-state index is 12.2. The van der Waals surface area contributed by atoms with E-state index >= 15 is 0 Å².